The van der Waals surface area contributed by atoms with Gasteiger partial charge < -0.3 is 9.80 Å². The average molecular weight is 407 g/mol. The molecule has 1 aliphatic rings. The van der Waals surface area contributed by atoms with Crippen LogP contribution in [0.25, 0.3) is 0 Å². The minimum atomic E-state index is 0.645. The Balaban J connectivity index is 2.23. The van der Waals surface area contributed by atoms with E-state index in [9.17, 15) is 0 Å². The molecule has 1 atom stereocenters. The summed E-state index contributed by atoms with van der Waals surface area (Å²) in [5.41, 5.74) is 0. The molecule has 0 amide bonds. The first kappa shape index (κ1) is 26.4. The number of hydrogen-bond acceptors (Lipinski definition) is 2. The molecule has 0 saturated heterocycles. The molecule has 0 fully saturated rings. The maximum absolute atomic E-state index is 2.67. The van der Waals surface area contributed by atoms with Crippen molar-refractivity contribution in [3.8, 4) is 0 Å². The molecule has 0 aromatic carbocycles. The van der Waals surface area contributed by atoms with Gasteiger partial charge in [0.15, 0.2) is 0 Å². The third kappa shape index (κ3) is 13.3. The van der Waals surface area contributed by atoms with E-state index in [2.05, 4.69) is 43.0 Å². The minimum Gasteiger partial charge on any atom is -0.356 e. The summed E-state index contributed by atoms with van der Waals surface area (Å²) in [6, 6.07) is 0. The standard InChI is InChI=1S/C27H54N2/c1-4-7-10-13-14-15-16-18-21-24-29-26-25-28(23-20-17-11-8-5-2)27(29)22-19-12-9-6-3/h25-27H,4-24H2,1-3H3. The number of hydrogen-bond donors (Lipinski definition) is 0. The van der Waals surface area contributed by atoms with Crippen molar-refractivity contribution in [1.29, 1.82) is 0 Å². The van der Waals surface area contributed by atoms with Gasteiger partial charge in [0.25, 0.3) is 0 Å². The van der Waals surface area contributed by atoms with Crippen molar-refractivity contribution in [2.24, 2.45) is 0 Å². The van der Waals surface area contributed by atoms with Crippen LogP contribution in [0.2, 0.25) is 0 Å². The van der Waals surface area contributed by atoms with E-state index in [-0.39, 0.29) is 0 Å². The fourth-order valence-electron chi connectivity index (χ4n) is 4.60. The lowest BCUT2D eigenvalue weighted by molar-refractivity contribution is 0.135. The Labute approximate surface area is 184 Å². The van der Waals surface area contributed by atoms with Crippen LogP contribution < -0.4 is 0 Å². The van der Waals surface area contributed by atoms with E-state index in [4.69, 9.17) is 0 Å². The molecule has 0 aromatic rings. The van der Waals surface area contributed by atoms with E-state index < -0.39 is 0 Å². The molecular weight excluding hydrogens is 352 g/mol. The second kappa shape index (κ2) is 19.3. The molecule has 0 aliphatic carbocycles. The lowest BCUT2D eigenvalue weighted by Gasteiger charge is -2.33. The second-order valence-electron chi connectivity index (χ2n) is 9.35. The Kier molecular flexibility index (Phi) is 17.6. The molecule has 0 saturated carbocycles. The first-order valence-corrected chi connectivity index (χ1v) is 13.5. The predicted octanol–water partition coefficient (Wildman–Crippen LogP) is 8.87. The molecular formula is C27H54N2. The number of rotatable bonds is 21. The zero-order valence-electron chi connectivity index (χ0n) is 20.5. The molecule has 172 valence electrons. The molecule has 1 rings (SSSR count). The highest BCUT2D eigenvalue weighted by Gasteiger charge is 2.24. The third-order valence-corrected chi connectivity index (χ3v) is 6.57. The van der Waals surface area contributed by atoms with Gasteiger partial charge in [0.2, 0.25) is 0 Å². The lowest BCUT2D eigenvalue weighted by Crippen LogP contribution is -2.39. The fraction of sp³-hybridized carbons (Fsp3) is 0.926. The van der Waals surface area contributed by atoms with E-state index in [0.29, 0.717) is 6.17 Å². The molecule has 0 bridgehead atoms. The van der Waals surface area contributed by atoms with Crippen molar-refractivity contribution in [2.75, 3.05) is 13.1 Å². The van der Waals surface area contributed by atoms with Gasteiger partial charge in [-0.25, -0.2) is 0 Å². The molecule has 1 aliphatic heterocycles. The maximum atomic E-state index is 2.67. The lowest BCUT2D eigenvalue weighted by atomic mass is 10.1. The minimum absolute atomic E-state index is 0.645. The van der Waals surface area contributed by atoms with Crippen molar-refractivity contribution in [2.45, 2.75) is 149 Å². The summed E-state index contributed by atoms with van der Waals surface area (Å²) in [6.07, 6.45) is 32.1. The van der Waals surface area contributed by atoms with Crippen molar-refractivity contribution >= 4 is 0 Å². The summed E-state index contributed by atoms with van der Waals surface area (Å²) in [5, 5.41) is 0. The SMILES string of the molecule is CCCCCCCCCCCN1C=CN(CCCCCCC)C1CCCCCC. The van der Waals surface area contributed by atoms with Crippen molar-refractivity contribution in [3.63, 3.8) is 0 Å². The van der Waals surface area contributed by atoms with Gasteiger partial charge >= 0.3 is 0 Å². The van der Waals surface area contributed by atoms with E-state index in [1.165, 1.54) is 135 Å². The summed E-state index contributed by atoms with van der Waals surface area (Å²) in [6.45, 7) is 9.44. The van der Waals surface area contributed by atoms with Gasteiger partial charge in [-0.3, -0.25) is 0 Å². The predicted molar refractivity (Wildman–Crippen MR) is 131 cm³/mol. The highest BCUT2D eigenvalue weighted by molar-refractivity contribution is 4.96. The largest absolute Gasteiger partial charge is 0.356 e. The average Bonchev–Trinajstić information content (AvgIpc) is 3.11. The van der Waals surface area contributed by atoms with Crippen LogP contribution in [0, 0.1) is 0 Å². The van der Waals surface area contributed by atoms with Gasteiger partial charge in [0.05, 0.1) is 0 Å². The smallest absolute Gasteiger partial charge is 0.101 e. The summed E-state index contributed by atoms with van der Waals surface area (Å²) < 4.78 is 0. The summed E-state index contributed by atoms with van der Waals surface area (Å²) in [7, 11) is 0. The quantitative estimate of drug-likeness (QED) is 0.176. The van der Waals surface area contributed by atoms with Crippen molar-refractivity contribution < 1.29 is 0 Å². The summed E-state index contributed by atoms with van der Waals surface area (Å²) >= 11 is 0. The monoisotopic (exact) mass is 406 g/mol. The van der Waals surface area contributed by atoms with Gasteiger partial charge in [0.1, 0.15) is 6.17 Å². The highest BCUT2D eigenvalue weighted by Crippen LogP contribution is 2.23. The van der Waals surface area contributed by atoms with E-state index >= 15 is 0 Å². The van der Waals surface area contributed by atoms with Crippen LogP contribution >= 0.6 is 0 Å². The van der Waals surface area contributed by atoms with Crippen LogP contribution in [0.5, 0.6) is 0 Å². The molecule has 0 aromatic heterocycles. The van der Waals surface area contributed by atoms with Crippen molar-refractivity contribution in [3.05, 3.63) is 12.4 Å². The molecule has 2 nitrogen and oxygen atoms in total. The van der Waals surface area contributed by atoms with Crippen LogP contribution in [0.3, 0.4) is 0 Å². The zero-order valence-corrected chi connectivity index (χ0v) is 20.5. The topological polar surface area (TPSA) is 6.48 Å². The Morgan fingerprint density at radius 3 is 1.21 bits per heavy atom. The Hall–Kier alpha value is -0.660. The first-order valence-electron chi connectivity index (χ1n) is 13.5. The molecule has 1 heterocycles. The van der Waals surface area contributed by atoms with Gasteiger partial charge in [0, 0.05) is 25.5 Å². The van der Waals surface area contributed by atoms with Crippen LogP contribution in [-0.2, 0) is 0 Å². The number of nitrogens with zero attached hydrogens (tertiary/aromatic N) is 2. The van der Waals surface area contributed by atoms with Crippen LogP contribution in [0.4, 0.5) is 0 Å². The van der Waals surface area contributed by atoms with E-state index in [1.807, 2.05) is 0 Å². The van der Waals surface area contributed by atoms with Gasteiger partial charge in [-0.05, 0) is 25.7 Å². The molecule has 1 unspecified atom stereocenters. The maximum Gasteiger partial charge on any atom is 0.101 e. The normalized spacial score (nSPS) is 16.3. The van der Waals surface area contributed by atoms with Crippen LogP contribution in [0.15, 0.2) is 12.4 Å². The second-order valence-corrected chi connectivity index (χ2v) is 9.35. The van der Waals surface area contributed by atoms with Crippen LogP contribution in [-0.4, -0.2) is 29.1 Å². The summed E-state index contributed by atoms with van der Waals surface area (Å²) in [4.78, 5) is 5.32. The summed E-state index contributed by atoms with van der Waals surface area (Å²) in [5.74, 6) is 0. The number of unbranched alkanes of at least 4 members (excludes halogenated alkanes) is 15. The fourth-order valence-corrected chi connectivity index (χ4v) is 4.60. The Bertz CT molecular complexity index is 366. The van der Waals surface area contributed by atoms with Gasteiger partial charge in [-0.15, -0.1) is 0 Å². The molecule has 2 heteroatoms. The third-order valence-electron chi connectivity index (χ3n) is 6.57. The molecule has 0 N–H and O–H groups in total. The van der Waals surface area contributed by atoms with Crippen LogP contribution in [0.1, 0.15) is 143 Å². The molecule has 0 spiro atoms. The Morgan fingerprint density at radius 2 is 0.793 bits per heavy atom. The molecule has 0 radical (unpaired) electrons. The van der Waals surface area contributed by atoms with E-state index in [0.717, 1.165) is 0 Å². The van der Waals surface area contributed by atoms with E-state index in [1.54, 1.807) is 0 Å². The molecule has 29 heavy (non-hydrogen) atoms. The van der Waals surface area contributed by atoms with Crippen molar-refractivity contribution in [1.82, 2.24) is 9.80 Å². The first-order chi connectivity index (χ1) is 14.3. The van der Waals surface area contributed by atoms with Gasteiger partial charge in [-0.1, -0.05) is 117 Å². The van der Waals surface area contributed by atoms with Gasteiger partial charge in [-0.2, -0.15) is 0 Å². The highest BCUT2D eigenvalue weighted by atomic mass is 15.4. The Morgan fingerprint density at radius 1 is 0.448 bits per heavy atom. The zero-order chi connectivity index (χ0) is 21.0.